The van der Waals surface area contributed by atoms with Gasteiger partial charge in [-0.1, -0.05) is 12.1 Å². The van der Waals surface area contributed by atoms with Gasteiger partial charge in [0.05, 0.1) is 18.1 Å². The number of hydrogen-bond acceptors (Lipinski definition) is 4. The number of ether oxygens (including phenoxy) is 1. The molecule has 0 atom stereocenters. The Morgan fingerprint density at radius 2 is 1.67 bits per heavy atom. The second-order valence-electron chi connectivity index (χ2n) is 9.05. The first-order chi connectivity index (χ1) is 13.0. The predicted molar refractivity (Wildman–Crippen MR) is 108 cm³/mol. The summed E-state index contributed by atoms with van der Waals surface area (Å²) in [5.41, 5.74) is 1.14. The molecule has 6 rings (SSSR count). The predicted octanol–water partition coefficient (Wildman–Crippen LogP) is 3.91. The number of thioether (sulfide) groups is 1. The zero-order valence-electron chi connectivity index (χ0n) is 15.8. The number of rotatable bonds is 5. The largest absolute Gasteiger partial charge is 0.379 e. The fourth-order valence-corrected chi connectivity index (χ4v) is 9.37. The van der Waals surface area contributed by atoms with Crippen LogP contribution in [0.4, 0.5) is 0 Å². The van der Waals surface area contributed by atoms with Crippen LogP contribution in [-0.4, -0.2) is 43.8 Å². The number of nitrogens with zero attached hydrogens (tertiary/aromatic N) is 1. The molecule has 0 radical (unpaired) electrons. The minimum Gasteiger partial charge on any atom is -0.379 e. The molecule has 1 aromatic rings. The number of benzene rings is 1. The second kappa shape index (κ2) is 7.05. The van der Waals surface area contributed by atoms with E-state index in [0.717, 1.165) is 29.1 Å². The van der Waals surface area contributed by atoms with E-state index in [9.17, 15) is 8.42 Å². The third kappa shape index (κ3) is 3.59. The van der Waals surface area contributed by atoms with Gasteiger partial charge < -0.3 is 4.74 Å². The minimum absolute atomic E-state index is 0.438. The molecule has 1 heterocycles. The van der Waals surface area contributed by atoms with Gasteiger partial charge in [-0.15, -0.1) is 0 Å². The average molecular weight is 408 g/mol. The Kier molecular flexibility index (Phi) is 4.82. The van der Waals surface area contributed by atoms with Crippen LogP contribution in [0.5, 0.6) is 0 Å². The first-order valence-corrected chi connectivity index (χ1v) is 12.8. The van der Waals surface area contributed by atoms with Crippen LogP contribution in [0.2, 0.25) is 0 Å². The summed E-state index contributed by atoms with van der Waals surface area (Å²) in [4.78, 5) is 0.438. The molecule has 148 valence electrons. The molecule has 4 saturated carbocycles. The summed E-state index contributed by atoms with van der Waals surface area (Å²) in [5.74, 6) is 3.80. The Labute approximate surface area is 167 Å². The zero-order chi connectivity index (χ0) is 18.5. The van der Waals surface area contributed by atoms with Gasteiger partial charge in [0, 0.05) is 23.6 Å². The molecule has 5 fully saturated rings. The van der Waals surface area contributed by atoms with Gasteiger partial charge >= 0.3 is 0 Å². The van der Waals surface area contributed by atoms with E-state index in [1.807, 2.05) is 12.1 Å². The topological polar surface area (TPSA) is 46.6 Å². The number of sulfonamides is 1. The SMILES string of the molecule is O=S(=O)(c1cccc(CSC23CC4CC(CC(C4)C2)C3)c1)N1CCOCC1. The van der Waals surface area contributed by atoms with Crippen molar-refractivity contribution in [3.8, 4) is 0 Å². The van der Waals surface area contributed by atoms with E-state index >= 15 is 0 Å². The molecule has 27 heavy (non-hydrogen) atoms. The van der Waals surface area contributed by atoms with Crippen LogP contribution >= 0.6 is 11.8 Å². The van der Waals surface area contributed by atoms with E-state index in [-0.39, 0.29) is 0 Å². The van der Waals surface area contributed by atoms with Crippen LogP contribution in [0.15, 0.2) is 29.2 Å². The molecule has 4 aliphatic carbocycles. The van der Waals surface area contributed by atoms with E-state index in [0.29, 0.717) is 35.9 Å². The zero-order valence-corrected chi connectivity index (χ0v) is 17.4. The summed E-state index contributed by atoms with van der Waals surface area (Å²) in [6, 6.07) is 7.64. The summed E-state index contributed by atoms with van der Waals surface area (Å²) in [7, 11) is -3.40. The summed E-state index contributed by atoms with van der Waals surface area (Å²) in [6.07, 6.45) is 8.55. The van der Waals surface area contributed by atoms with E-state index in [1.165, 1.54) is 38.5 Å². The molecule has 5 aliphatic rings. The lowest BCUT2D eigenvalue weighted by atomic mass is 9.56. The highest BCUT2D eigenvalue weighted by molar-refractivity contribution is 7.99. The summed E-state index contributed by atoms with van der Waals surface area (Å²) in [5, 5.41) is 0. The van der Waals surface area contributed by atoms with Crippen molar-refractivity contribution in [2.24, 2.45) is 17.8 Å². The van der Waals surface area contributed by atoms with Gasteiger partial charge in [-0.05, 0) is 74.0 Å². The van der Waals surface area contributed by atoms with E-state index in [1.54, 1.807) is 10.4 Å². The Morgan fingerprint density at radius 1 is 1.04 bits per heavy atom. The number of hydrogen-bond donors (Lipinski definition) is 0. The van der Waals surface area contributed by atoms with Crippen LogP contribution in [0, 0.1) is 17.8 Å². The van der Waals surface area contributed by atoms with Crippen LogP contribution in [0.25, 0.3) is 0 Å². The molecule has 0 amide bonds. The highest BCUT2D eigenvalue weighted by Gasteiger charge is 2.51. The molecule has 1 saturated heterocycles. The fraction of sp³-hybridized carbons (Fsp3) is 0.714. The maximum Gasteiger partial charge on any atom is 0.243 e. The average Bonchev–Trinajstić information content (AvgIpc) is 2.66. The Balaban J connectivity index is 1.30. The van der Waals surface area contributed by atoms with E-state index in [2.05, 4.69) is 17.8 Å². The Morgan fingerprint density at radius 3 is 2.30 bits per heavy atom. The summed E-state index contributed by atoms with van der Waals surface area (Å²) in [6.45, 7) is 1.88. The Bertz CT molecular complexity index is 766. The molecular formula is C21H29NO3S2. The first-order valence-electron chi connectivity index (χ1n) is 10.3. The van der Waals surface area contributed by atoms with Crippen molar-refractivity contribution < 1.29 is 13.2 Å². The van der Waals surface area contributed by atoms with Crippen LogP contribution < -0.4 is 0 Å². The maximum absolute atomic E-state index is 12.9. The van der Waals surface area contributed by atoms with Crippen LogP contribution in [0.1, 0.15) is 44.1 Å². The van der Waals surface area contributed by atoms with Crippen molar-refractivity contribution in [2.75, 3.05) is 26.3 Å². The van der Waals surface area contributed by atoms with Gasteiger partial charge in [0.15, 0.2) is 0 Å². The molecule has 0 N–H and O–H groups in total. The fourth-order valence-electron chi connectivity index (χ4n) is 6.18. The molecule has 0 spiro atoms. The van der Waals surface area contributed by atoms with Crippen LogP contribution in [-0.2, 0) is 20.5 Å². The van der Waals surface area contributed by atoms with Gasteiger partial charge in [0.25, 0.3) is 0 Å². The normalized spacial score (nSPS) is 36.2. The van der Waals surface area contributed by atoms with Gasteiger partial charge in [-0.3, -0.25) is 0 Å². The van der Waals surface area contributed by atoms with Crippen molar-refractivity contribution in [1.82, 2.24) is 4.31 Å². The standard InChI is InChI=1S/C21H29NO3S2/c23-27(24,22-4-6-25-7-5-22)20-3-1-2-16(11-20)15-26-21-12-17-8-18(13-21)10-19(9-17)14-21/h1-3,11,17-19H,4-10,12-15H2. The molecule has 0 unspecified atom stereocenters. The highest BCUT2D eigenvalue weighted by Crippen LogP contribution is 2.61. The van der Waals surface area contributed by atoms with E-state index in [4.69, 9.17) is 4.74 Å². The van der Waals surface area contributed by atoms with Crippen LogP contribution in [0.3, 0.4) is 0 Å². The van der Waals surface area contributed by atoms with E-state index < -0.39 is 10.0 Å². The third-order valence-electron chi connectivity index (χ3n) is 7.03. The Hall–Kier alpha value is -0.560. The molecule has 4 nitrogen and oxygen atoms in total. The van der Waals surface area contributed by atoms with Crippen molar-refractivity contribution >= 4 is 21.8 Å². The molecular weight excluding hydrogens is 378 g/mol. The quantitative estimate of drug-likeness (QED) is 0.742. The molecule has 6 heteroatoms. The van der Waals surface area contributed by atoms with Gasteiger partial charge in [-0.25, -0.2) is 8.42 Å². The number of morpholine rings is 1. The lowest BCUT2D eigenvalue weighted by Crippen LogP contribution is -2.48. The molecule has 1 aliphatic heterocycles. The van der Waals surface area contributed by atoms with Gasteiger partial charge in [0.2, 0.25) is 10.0 Å². The van der Waals surface area contributed by atoms with Crippen molar-refractivity contribution in [1.29, 1.82) is 0 Å². The molecule has 4 bridgehead atoms. The van der Waals surface area contributed by atoms with Crippen molar-refractivity contribution in [3.63, 3.8) is 0 Å². The smallest absolute Gasteiger partial charge is 0.243 e. The summed E-state index contributed by atoms with van der Waals surface area (Å²) < 4.78 is 33.2. The van der Waals surface area contributed by atoms with Gasteiger partial charge in [0.1, 0.15) is 0 Å². The lowest BCUT2D eigenvalue weighted by Gasteiger charge is -2.56. The first kappa shape index (κ1) is 18.5. The third-order valence-corrected chi connectivity index (χ3v) is 10.5. The molecule has 1 aromatic carbocycles. The second-order valence-corrected chi connectivity index (χ2v) is 12.4. The maximum atomic E-state index is 12.9. The van der Waals surface area contributed by atoms with Crippen molar-refractivity contribution in [2.45, 2.75) is 53.9 Å². The minimum atomic E-state index is -3.40. The lowest BCUT2D eigenvalue weighted by molar-refractivity contribution is 0.0383. The highest BCUT2D eigenvalue weighted by atomic mass is 32.2. The monoisotopic (exact) mass is 407 g/mol. The molecule has 0 aromatic heterocycles. The van der Waals surface area contributed by atoms with Crippen molar-refractivity contribution in [3.05, 3.63) is 29.8 Å². The summed E-state index contributed by atoms with van der Waals surface area (Å²) >= 11 is 2.11. The van der Waals surface area contributed by atoms with Gasteiger partial charge in [-0.2, -0.15) is 16.1 Å².